The molecule has 3 nitrogen and oxygen atoms in total. The summed E-state index contributed by atoms with van der Waals surface area (Å²) in [7, 11) is -3.19. The standard InChI is InChI=1S/C16H16BrNO2S/c1-10-7-11(2)16(13(17)8-10)18-14-9-21(19,20)15-6-4-3-5-12(14)15/h3-8,14,18H,9H2,1-2H3. The number of anilines is 1. The second kappa shape index (κ2) is 5.14. The maximum Gasteiger partial charge on any atom is 0.181 e. The fraction of sp³-hybridized carbons (Fsp3) is 0.250. The Labute approximate surface area is 133 Å². The second-order valence-electron chi connectivity index (χ2n) is 5.45. The predicted molar refractivity (Wildman–Crippen MR) is 88.5 cm³/mol. The molecule has 21 heavy (non-hydrogen) atoms. The molecule has 1 unspecified atom stereocenters. The van der Waals surface area contributed by atoms with E-state index in [0.717, 1.165) is 21.3 Å². The summed E-state index contributed by atoms with van der Waals surface area (Å²) in [5, 5.41) is 3.39. The van der Waals surface area contributed by atoms with Gasteiger partial charge in [-0.25, -0.2) is 8.42 Å². The lowest BCUT2D eigenvalue weighted by Crippen LogP contribution is -2.14. The van der Waals surface area contributed by atoms with E-state index in [1.54, 1.807) is 12.1 Å². The number of hydrogen-bond acceptors (Lipinski definition) is 3. The van der Waals surface area contributed by atoms with Crippen molar-refractivity contribution in [2.45, 2.75) is 24.8 Å². The average Bonchev–Trinajstić information content (AvgIpc) is 2.66. The Morgan fingerprint density at radius 1 is 1.19 bits per heavy atom. The molecule has 1 aliphatic heterocycles. The third-order valence-corrected chi connectivity index (χ3v) is 6.21. The van der Waals surface area contributed by atoms with E-state index < -0.39 is 9.84 Å². The van der Waals surface area contributed by atoms with Crippen LogP contribution >= 0.6 is 15.9 Å². The second-order valence-corrected chi connectivity index (χ2v) is 8.31. The molecule has 3 rings (SSSR count). The van der Waals surface area contributed by atoms with Gasteiger partial charge in [0.1, 0.15) is 0 Å². The van der Waals surface area contributed by atoms with Gasteiger partial charge in [0, 0.05) is 4.47 Å². The summed E-state index contributed by atoms with van der Waals surface area (Å²) >= 11 is 3.56. The number of aryl methyl sites for hydroxylation is 2. The minimum absolute atomic E-state index is 0.103. The summed E-state index contributed by atoms with van der Waals surface area (Å²) in [6.45, 7) is 4.06. The van der Waals surface area contributed by atoms with Crippen LogP contribution < -0.4 is 5.32 Å². The third-order valence-electron chi connectivity index (χ3n) is 3.77. The van der Waals surface area contributed by atoms with Gasteiger partial charge >= 0.3 is 0 Å². The molecule has 2 aromatic rings. The van der Waals surface area contributed by atoms with E-state index in [1.165, 1.54) is 5.56 Å². The fourth-order valence-corrected chi connectivity index (χ4v) is 5.37. The highest BCUT2D eigenvalue weighted by molar-refractivity contribution is 9.10. The molecule has 0 fully saturated rings. The van der Waals surface area contributed by atoms with Crippen molar-refractivity contribution in [1.82, 2.24) is 0 Å². The Hall–Kier alpha value is -1.33. The van der Waals surface area contributed by atoms with Crippen molar-refractivity contribution in [3.05, 3.63) is 57.6 Å². The topological polar surface area (TPSA) is 46.2 Å². The summed E-state index contributed by atoms with van der Waals surface area (Å²) in [4.78, 5) is 0.448. The van der Waals surface area contributed by atoms with Gasteiger partial charge in [0.25, 0.3) is 0 Å². The molecule has 5 heteroatoms. The molecule has 2 aromatic carbocycles. The molecule has 0 aromatic heterocycles. The van der Waals surface area contributed by atoms with Gasteiger partial charge < -0.3 is 5.32 Å². The lowest BCUT2D eigenvalue weighted by atomic mass is 10.1. The van der Waals surface area contributed by atoms with E-state index in [9.17, 15) is 8.42 Å². The molecule has 0 aliphatic carbocycles. The van der Waals surface area contributed by atoms with E-state index >= 15 is 0 Å². The van der Waals surface area contributed by atoms with Crippen LogP contribution in [0.3, 0.4) is 0 Å². The lowest BCUT2D eigenvalue weighted by molar-refractivity contribution is 0.598. The van der Waals surface area contributed by atoms with E-state index in [1.807, 2.05) is 32.0 Å². The Balaban J connectivity index is 2.02. The number of benzene rings is 2. The summed E-state index contributed by atoms with van der Waals surface area (Å²) < 4.78 is 25.4. The van der Waals surface area contributed by atoms with Crippen LogP contribution in [0.4, 0.5) is 5.69 Å². The first-order valence-electron chi connectivity index (χ1n) is 6.73. The number of sulfone groups is 1. The van der Waals surface area contributed by atoms with Gasteiger partial charge in [0.05, 0.1) is 22.4 Å². The molecular weight excluding hydrogens is 350 g/mol. The van der Waals surface area contributed by atoms with E-state index in [0.29, 0.717) is 4.90 Å². The SMILES string of the molecule is Cc1cc(C)c(NC2CS(=O)(=O)c3ccccc32)c(Br)c1. The van der Waals surface area contributed by atoms with Crippen molar-refractivity contribution in [1.29, 1.82) is 0 Å². The highest BCUT2D eigenvalue weighted by Crippen LogP contribution is 2.38. The van der Waals surface area contributed by atoms with Crippen LogP contribution in [0.1, 0.15) is 22.7 Å². The van der Waals surface area contributed by atoms with Crippen LogP contribution in [0.15, 0.2) is 45.8 Å². The molecule has 0 saturated heterocycles. The van der Waals surface area contributed by atoms with Crippen LogP contribution in [0, 0.1) is 13.8 Å². The molecule has 0 amide bonds. The zero-order valence-corrected chi connectivity index (χ0v) is 14.3. The molecule has 0 bridgehead atoms. The van der Waals surface area contributed by atoms with Gasteiger partial charge in [-0.2, -0.15) is 0 Å². The van der Waals surface area contributed by atoms with Gasteiger partial charge in [-0.15, -0.1) is 0 Å². The summed E-state index contributed by atoms with van der Waals surface area (Å²) in [6.07, 6.45) is 0. The molecular formula is C16H16BrNO2S. The molecule has 1 aliphatic rings. The number of rotatable bonds is 2. The number of fused-ring (bicyclic) bond motifs is 1. The molecule has 110 valence electrons. The summed E-state index contributed by atoms with van der Waals surface area (Å²) in [5.74, 6) is 0.103. The van der Waals surface area contributed by atoms with Crippen LogP contribution in [-0.4, -0.2) is 14.2 Å². The zero-order valence-electron chi connectivity index (χ0n) is 11.9. The van der Waals surface area contributed by atoms with Crippen LogP contribution in [-0.2, 0) is 9.84 Å². The average molecular weight is 366 g/mol. The largest absolute Gasteiger partial charge is 0.376 e. The van der Waals surface area contributed by atoms with Crippen molar-refractivity contribution < 1.29 is 8.42 Å². The number of halogens is 1. The molecule has 1 heterocycles. The van der Waals surface area contributed by atoms with Crippen molar-refractivity contribution in [3.8, 4) is 0 Å². The maximum atomic E-state index is 12.2. The van der Waals surface area contributed by atoms with E-state index in [4.69, 9.17) is 0 Å². The lowest BCUT2D eigenvalue weighted by Gasteiger charge is -2.18. The monoisotopic (exact) mass is 365 g/mol. The van der Waals surface area contributed by atoms with E-state index in [2.05, 4.69) is 27.3 Å². The maximum absolute atomic E-state index is 12.2. The number of nitrogens with one attached hydrogen (secondary N) is 1. The van der Waals surface area contributed by atoms with Crippen LogP contribution in [0.25, 0.3) is 0 Å². The number of hydrogen-bond donors (Lipinski definition) is 1. The van der Waals surface area contributed by atoms with Gasteiger partial charge in [-0.1, -0.05) is 24.3 Å². The molecule has 1 N–H and O–H groups in total. The first-order chi connectivity index (χ1) is 9.88. The van der Waals surface area contributed by atoms with Crippen LogP contribution in [0.5, 0.6) is 0 Å². The van der Waals surface area contributed by atoms with Gasteiger partial charge in [-0.3, -0.25) is 0 Å². The van der Waals surface area contributed by atoms with Crippen molar-refractivity contribution in [2.24, 2.45) is 0 Å². The van der Waals surface area contributed by atoms with Crippen molar-refractivity contribution >= 4 is 31.5 Å². The smallest absolute Gasteiger partial charge is 0.181 e. The molecule has 0 radical (unpaired) electrons. The third kappa shape index (κ3) is 2.60. The first-order valence-corrected chi connectivity index (χ1v) is 9.18. The molecule has 0 spiro atoms. The Bertz CT molecular complexity index is 792. The highest BCUT2D eigenvalue weighted by atomic mass is 79.9. The zero-order chi connectivity index (χ0) is 15.2. The van der Waals surface area contributed by atoms with Crippen molar-refractivity contribution in [2.75, 3.05) is 11.1 Å². The summed E-state index contributed by atoms with van der Waals surface area (Å²) in [6, 6.07) is 11.1. The quantitative estimate of drug-likeness (QED) is 0.874. The highest BCUT2D eigenvalue weighted by Gasteiger charge is 2.34. The van der Waals surface area contributed by atoms with Crippen LogP contribution in [0.2, 0.25) is 0 Å². The predicted octanol–water partition coefficient (Wildman–Crippen LogP) is 4.01. The molecule has 0 saturated carbocycles. The normalized spacial score (nSPS) is 19.3. The van der Waals surface area contributed by atoms with E-state index in [-0.39, 0.29) is 11.8 Å². The molecule has 1 atom stereocenters. The Morgan fingerprint density at radius 2 is 1.90 bits per heavy atom. The minimum atomic E-state index is -3.19. The Kier molecular flexibility index (Phi) is 3.58. The minimum Gasteiger partial charge on any atom is -0.376 e. The fourth-order valence-electron chi connectivity index (χ4n) is 2.84. The van der Waals surface area contributed by atoms with Gasteiger partial charge in [0.2, 0.25) is 0 Å². The van der Waals surface area contributed by atoms with Gasteiger partial charge in [-0.05, 0) is 58.6 Å². The van der Waals surface area contributed by atoms with Gasteiger partial charge in [0.15, 0.2) is 9.84 Å². The first kappa shape index (κ1) is 14.6. The Morgan fingerprint density at radius 3 is 2.62 bits per heavy atom. The van der Waals surface area contributed by atoms with Crippen molar-refractivity contribution in [3.63, 3.8) is 0 Å². The summed E-state index contributed by atoms with van der Waals surface area (Å²) in [5.41, 5.74) is 4.08.